The number of carbonyl (C=O) groups is 6. The number of esters is 3. The van der Waals surface area contributed by atoms with Crippen LogP contribution in [0.3, 0.4) is 0 Å². The highest BCUT2D eigenvalue weighted by Gasteiger charge is 2.34. The van der Waals surface area contributed by atoms with E-state index in [9.17, 15) is 28.8 Å². The molecule has 0 amide bonds. The maximum atomic E-state index is 11.8. The van der Waals surface area contributed by atoms with Crippen LogP contribution in [0.4, 0.5) is 0 Å². The molecule has 0 aromatic rings. The smallest absolute Gasteiger partial charge is 0.309 e. The van der Waals surface area contributed by atoms with Gasteiger partial charge in [0, 0.05) is 31.6 Å². The number of rotatable bonds is 19. The topological polar surface area (TPSA) is 130 Å². The molecule has 1 aliphatic rings. The first-order valence-corrected chi connectivity index (χ1v) is 16.4. The van der Waals surface area contributed by atoms with Gasteiger partial charge in [-0.3, -0.25) is 19.2 Å². The SMILES string of the molecule is CCCCOC(=O)C1CCCCC1C(C)=O.CCCCOC(=O)CC(C)CC(C)=O.CCCCOC(=O)CCCC(C)=O. The molecular formula is C34H60O9. The molecule has 0 heterocycles. The quantitative estimate of drug-likeness (QED) is 0.0848. The molecule has 0 saturated heterocycles. The maximum absolute atomic E-state index is 11.8. The summed E-state index contributed by atoms with van der Waals surface area (Å²) in [5.74, 6) is -0.319. The van der Waals surface area contributed by atoms with E-state index in [4.69, 9.17) is 14.2 Å². The highest BCUT2D eigenvalue weighted by Crippen LogP contribution is 2.31. The zero-order valence-corrected chi connectivity index (χ0v) is 28.1. The van der Waals surface area contributed by atoms with Crippen molar-refractivity contribution in [3.05, 3.63) is 0 Å². The molecular weight excluding hydrogens is 552 g/mol. The van der Waals surface area contributed by atoms with Crippen LogP contribution in [0, 0.1) is 17.8 Å². The van der Waals surface area contributed by atoms with Crippen LogP contribution < -0.4 is 0 Å². The van der Waals surface area contributed by atoms with Gasteiger partial charge < -0.3 is 23.8 Å². The second-order valence-electron chi connectivity index (χ2n) is 11.5. The van der Waals surface area contributed by atoms with Crippen LogP contribution in [0.5, 0.6) is 0 Å². The van der Waals surface area contributed by atoms with Gasteiger partial charge in [-0.15, -0.1) is 0 Å². The zero-order valence-electron chi connectivity index (χ0n) is 28.1. The highest BCUT2D eigenvalue weighted by atomic mass is 16.5. The maximum Gasteiger partial charge on any atom is 0.309 e. The Morgan fingerprint density at radius 2 is 1.09 bits per heavy atom. The van der Waals surface area contributed by atoms with Crippen molar-refractivity contribution in [2.45, 2.75) is 145 Å². The molecule has 43 heavy (non-hydrogen) atoms. The molecule has 1 aliphatic carbocycles. The monoisotopic (exact) mass is 612 g/mol. The molecule has 0 aromatic carbocycles. The summed E-state index contributed by atoms with van der Waals surface area (Å²) in [5, 5.41) is 0. The summed E-state index contributed by atoms with van der Waals surface area (Å²) in [6, 6.07) is 0. The lowest BCUT2D eigenvalue weighted by Crippen LogP contribution is -2.33. The molecule has 3 unspecified atom stereocenters. The first kappa shape index (κ1) is 42.6. The van der Waals surface area contributed by atoms with E-state index in [1.54, 1.807) is 13.8 Å². The largest absolute Gasteiger partial charge is 0.466 e. The number of Topliss-reactive ketones (excluding diaryl/α,β-unsaturated/α-hetero) is 3. The molecule has 0 aromatic heterocycles. The molecule has 1 rings (SSSR count). The highest BCUT2D eigenvalue weighted by molar-refractivity contribution is 5.85. The average Bonchev–Trinajstić information content (AvgIpc) is 2.93. The fourth-order valence-corrected chi connectivity index (χ4v) is 4.44. The van der Waals surface area contributed by atoms with Crippen LogP contribution >= 0.6 is 0 Å². The Balaban J connectivity index is 0. The van der Waals surface area contributed by atoms with Crippen molar-refractivity contribution in [3.63, 3.8) is 0 Å². The summed E-state index contributed by atoms with van der Waals surface area (Å²) in [5.41, 5.74) is 0. The van der Waals surface area contributed by atoms with Crippen molar-refractivity contribution in [1.29, 1.82) is 0 Å². The number of hydrogen-bond acceptors (Lipinski definition) is 9. The van der Waals surface area contributed by atoms with Crippen molar-refractivity contribution in [2.75, 3.05) is 19.8 Å². The van der Waals surface area contributed by atoms with Crippen LogP contribution in [0.15, 0.2) is 0 Å². The third kappa shape index (κ3) is 26.8. The number of ketones is 3. The van der Waals surface area contributed by atoms with E-state index in [1.165, 1.54) is 6.92 Å². The van der Waals surface area contributed by atoms with E-state index in [0.717, 1.165) is 64.2 Å². The first-order chi connectivity index (χ1) is 20.4. The van der Waals surface area contributed by atoms with Crippen LogP contribution in [-0.4, -0.2) is 55.1 Å². The van der Waals surface area contributed by atoms with Gasteiger partial charge in [-0.25, -0.2) is 0 Å². The van der Waals surface area contributed by atoms with E-state index in [0.29, 0.717) is 51.9 Å². The minimum Gasteiger partial charge on any atom is -0.466 e. The third-order valence-corrected chi connectivity index (χ3v) is 6.92. The number of unbranched alkanes of at least 4 members (excludes halogenated alkanes) is 3. The lowest BCUT2D eigenvalue weighted by atomic mass is 9.77. The van der Waals surface area contributed by atoms with E-state index in [-0.39, 0.29) is 53.0 Å². The van der Waals surface area contributed by atoms with Crippen molar-refractivity contribution in [3.8, 4) is 0 Å². The standard InChI is InChI=1S/C13H22O3.C11H20O3.C10H18O3/c1-3-4-9-16-13(15)12-8-6-5-7-11(12)10(2)14;1-4-5-6-14-11(13)8-9(2)7-10(3)12;1-3-4-8-13-10(12)7-5-6-9(2)11/h11-12H,3-9H2,1-2H3;9H,4-8H2,1-3H3;3-8H2,1-2H3. The Labute approximate surface area is 260 Å². The lowest BCUT2D eigenvalue weighted by Gasteiger charge is -2.27. The fourth-order valence-electron chi connectivity index (χ4n) is 4.44. The minimum atomic E-state index is -0.188. The summed E-state index contributed by atoms with van der Waals surface area (Å²) in [4.78, 5) is 66.7. The second-order valence-corrected chi connectivity index (χ2v) is 11.5. The fraction of sp³-hybridized carbons (Fsp3) is 0.824. The van der Waals surface area contributed by atoms with Crippen molar-refractivity contribution >= 4 is 35.3 Å². The molecule has 0 N–H and O–H groups in total. The van der Waals surface area contributed by atoms with Gasteiger partial charge >= 0.3 is 17.9 Å². The summed E-state index contributed by atoms with van der Waals surface area (Å²) in [6.07, 6.45) is 11.8. The third-order valence-electron chi connectivity index (χ3n) is 6.92. The Bertz CT molecular complexity index is 806. The van der Waals surface area contributed by atoms with Gasteiger partial charge in [0.15, 0.2) is 0 Å². The second kappa shape index (κ2) is 28.2. The minimum absolute atomic E-state index is 0.0946. The molecule has 3 atom stereocenters. The lowest BCUT2D eigenvalue weighted by molar-refractivity contribution is -0.154. The van der Waals surface area contributed by atoms with Crippen molar-refractivity contribution < 1.29 is 43.0 Å². The van der Waals surface area contributed by atoms with Crippen LogP contribution in [0.25, 0.3) is 0 Å². The molecule has 250 valence electrons. The Morgan fingerprint density at radius 3 is 1.56 bits per heavy atom. The molecule has 0 aliphatic heterocycles. The summed E-state index contributed by atoms with van der Waals surface area (Å²) in [6.45, 7) is 14.2. The number of hydrogen-bond donors (Lipinski definition) is 0. The number of ether oxygens (including phenoxy) is 3. The molecule has 1 saturated carbocycles. The van der Waals surface area contributed by atoms with Crippen LogP contribution in [-0.2, 0) is 43.0 Å². The predicted molar refractivity (Wildman–Crippen MR) is 167 cm³/mol. The summed E-state index contributed by atoms with van der Waals surface area (Å²) >= 11 is 0. The van der Waals surface area contributed by atoms with Crippen LogP contribution in [0.1, 0.15) is 145 Å². The molecule has 0 radical (unpaired) electrons. The van der Waals surface area contributed by atoms with E-state index < -0.39 is 0 Å². The van der Waals surface area contributed by atoms with Gasteiger partial charge in [0.1, 0.15) is 17.3 Å². The van der Waals surface area contributed by atoms with Gasteiger partial charge in [-0.2, -0.15) is 0 Å². The predicted octanol–water partition coefficient (Wildman–Crippen LogP) is 7.15. The summed E-state index contributed by atoms with van der Waals surface area (Å²) < 4.78 is 15.1. The molecule has 9 heteroatoms. The average molecular weight is 613 g/mol. The normalized spacial score (nSPS) is 16.3. The van der Waals surface area contributed by atoms with E-state index in [2.05, 4.69) is 6.92 Å². The van der Waals surface area contributed by atoms with Crippen molar-refractivity contribution in [1.82, 2.24) is 0 Å². The Morgan fingerprint density at radius 1 is 0.605 bits per heavy atom. The Kier molecular flexibility index (Phi) is 27.9. The van der Waals surface area contributed by atoms with Gasteiger partial charge in [0.25, 0.3) is 0 Å². The number of carbonyl (C=O) groups excluding carboxylic acids is 6. The first-order valence-electron chi connectivity index (χ1n) is 16.4. The van der Waals surface area contributed by atoms with Crippen LogP contribution in [0.2, 0.25) is 0 Å². The molecule has 1 fully saturated rings. The van der Waals surface area contributed by atoms with Gasteiger partial charge in [-0.05, 0) is 65.2 Å². The van der Waals surface area contributed by atoms with E-state index in [1.807, 2.05) is 20.8 Å². The van der Waals surface area contributed by atoms with Gasteiger partial charge in [0.2, 0.25) is 0 Å². The van der Waals surface area contributed by atoms with E-state index >= 15 is 0 Å². The van der Waals surface area contributed by atoms with Crippen molar-refractivity contribution in [2.24, 2.45) is 17.8 Å². The Hall–Kier alpha value is -2.58. The summed E-state index contributed by atoms with van der Waals surface area (Å²) in [7, 11) is 0. The molecule has 9 nitrogen and oxygen atoms in total. The molecule has 0 spiro atoms. The van der Waals surface area contributed by atoms with Gasteiger partial charge in [-0.1, -0.05) is 59.8 Å². The zero-order chi connectivity index (χ0) is 33.0. The molecule has 0 bridgehead atoms. The van der Waals surface area contributed by atoms with Gasteiger partial charge in [0.05, 0.1) is 25.7 Å².